The van der Waals surface area contributed by atoms with Crippen molar-refractivity contribution in [1.29, 1.82) is 0 Å². The Morgan fingerprint density at radius 2 is 1.60 bits per heavy atom. The number of primary amides is 1. The minimum atomic E-state index is -0.971. The first kappa shape index (κ1) is 25.6. The van der Waals surface area contributed by atoms with Crippen LogP contribution in [-0.2, 0) is 20.8 Å². The summed E-state index contributed by atoms with van der Waals surface area (Å²) in [6.45, 7) is 3.55. The Hall–Kier alpha value is -4.07. The van der Waals surface area contributed by atoms with E-state index in [0.29, 0.717) is 12.2 Å². The van der Waals surface area contributed by atoms with Crippen LogP contribution in [0.5, 0.6) is 11.5 Å². The van der Waals surface area contributed by atoms with E-state index in [1.165, 1.54) is 12.1 Å². The van der Waals surface area contributed by atoms with E-state index in [1.54, 1.807) is 18.2 Å². The molecule has 0 aromatic heterocycles. The first-order valence-electron chi connectivity index (χ1n) is 11.5. The van der Waals surface area contributed by atoms with Crippen molar-refractivity contribution < 1.29 is 24.2 Å². The first-order chi connectivity index (χ1) is 16.7. The molecule has 8 heteroatoms. The maximum Gasteiger partial charge on any atom is 0.258 e. The van der Waals surface area contributed by atoms with E-state index >= 15 is 0 Å². The molecule has 3 aromatic carbocycles. The van der Waals surface area contributed by atoms with Gasteiger partial charge in [0.25, 0.3) is 5.91 Å². The highest BCUT2D eigenvalue weighted by atomic mass is 16.5. The van der Waals surface area contributed by atoms with Gasteiger partial charge in [-0.05, 0) is 52.9 Å². The lowest BCUT2D eigenvalue weighted by Gasteiger charge is -2.23. The van der Waals surface area contributed by atoms with E-state index < -0.39 is 29.8 Å². The second kappa shape index (κ2) is 11.9. The largest absolute Gasteiger partial charge is 0.508 e. The van der Waals surface area contributed by atoms with Gasteiger partial charge in [0.2, 0.25) is 11.8 Å². The first-order valence-corrected chi connectivity index (χ1v) is 11.5. The van der Waals surface area contributed by atoms with Crippen LogP contribution in [0, 0.1) is 5.92 Å². The van der Waals surface area contributed by atoms with Crippen LogP contribution in [0.3, 0.4) is 0 Å². The van der Waals surface area contributed by atoms with E-state index in [9.17, 15) is 19.5 Å². The lowest BCUT2D eigenvalue weighted by molar-refractivity contribution is -0.132. The Balaban J connectivity index is 1.69. The second-order valence-corrected chi connectivity index (χ2v) is 8.88. The number of phenolic OH excluding ortho intramolecular Hbond substituents is 1. The zero-order valence-electron chi connectivity index (χ0n) is 19.9. The molecule has 2 atom stereocenters. The van der Waals surface area contributed by atoms with Gasteiger partial charge < -0.3 is 26.2 Å². The van der Waals surface area contributed by atoms with Gasteiger partial charge in [-0.3, -0.25) is 14.4 Å². The van der Waals surface area contributed by atoms with Gasteiger partial charge in [-0.15, -0.1) is 0 Å². The summed E-state index contributed by atoms with van der Waals surface area (Å²) < 4.78 is 5.64. The fourth-order valence-corrected chi connectivity index (χ4v) is 3.71. The van der Waals surface area contributed by atoms with Gasteiger partial charge in [0.15, 0.2) is 6.61 Å². The van der Waals surface area contributed by atoms with Crippen LogP contribution < -0.4 is 21.1 Å². The van der Waals surface area contributed by atoms with Crippen LogP contribution in [0.15, 0.2) is 66.7 Å². The van der Waals surface area contributed by atoms with Crippen molar-refractivity contribution >= 4 is 28.5 Å². The number of aromatic hydroxyl groups is 1. The van der Waals surface area contributed by atoms with Crippen LogP contribution in [0.2, 0.25) is 0 Å². The second-order valence-electron chi connectivity index (χ2n) is 8.88. The lowest BCUT2D eigenvalue weighted by Crippen LogP contribution is -2.54. The zero-order chi connectivity index (χ0) is 25.4. The molecule has 0 saturated heterocycles. The average molecular weight is 478 g/mol. The van der Waals surface area contributed by atoms with Gasteiger partial charge >= 0.3 is 0 Å². The van der Waals surface area contributed by atoms with Crippen molar-refractivity contribution in [3.8, 4) is 11.5 Å². The minimum Gasteiger partial charge on any atom is -0.508 e. The number of nitrogens with two attached hydrogens (primary N) is 1. The van der Waals surface area contributed by atoms with Crippen LogP contribution in [0.4, 0.5) is 0 Å². The minimum absolute atomic E-state index is 0.0910. The average Bonchev–Trinajstić information content (AvgIpc) is 2.82. The summed E-state index contributed by atoms with van der Waals surface area (Å²) in [4.78, 5) is 37.6. The SMILES string of the molecule is CC(C)C[C@H](NC(=O)[C@H](Cc1ccc(O)cc1)NC(=O)COc1ccc2ccccc2c1)C(N)=O. The number of nitrogens with one attached hydrogen (secondary N) is 2. The Morgan fingerprint density at radius 3 is 2.26 bits per heavy atom. The maximum atomic E-state index is 13.0. The molecule has 0 aliphatic heterocycles. The van der Waals surface area contributed by atoms with Crippen LogP contribution >= 0.6 is 0 Å². The van der Waals surface area contributed by atoms with Gasteiger partial charge in [0, 0.05) is 6.42 Å². The van der Waals surface area contributed by atoms with Crippen molar-refractivity contribution in [1.82, 2.24) is 10.6 Å². The number of hydrogen-bond acceptors (Lipinski definition) is 5. The number of benzene rings is 3. The van der Waals surface area contributed by atoms with Crippen LogP contribution in [0.1, 0.15) is 25.8 Å². The number of phenols is 1. The van der Waals surface area contributed by atoms with E-state index in [0.717, 1.165) is 16.3 Å². The fourth-order valence-electron chi connectivity index (χ4n) is 3.71. The standard InChI is InChI=1S/C27H31N3O5/c1-17(2)13-23(26(28)33)30-27(34)24(14-18-7-10-21(31)11-8-18)29-25(32)16-35-22-12-9-19-5-3-4-6-20(19)15-22/h3-12,15,17,23-24,31H,13-14,16H2,1-2H3,(H2,28,33)(H,29,32)(H,30,34)/t23-,24-/m0/s1. The molecule has 3 rings (SSSR count). The molecule has 3 aromatic rings. The van der Waals surface area contributed by atoms with Gasteiger partial charge in [0.05, 0.1) is 0 Å². The molecular formula is C27H31N3O5. The molecule has 8 nitrogen and oxygen atoms in total. The third kappa shape index (κ3) is 7.74. The Morgan fingerprint density at radius 1 is 0.914 bits per heavy atom. The highest BCUT2D eigenvalue weighted by Gasteiger charge is 2.26. The molecular weight excluding hydrogens is 446 g/mol. The van der Waals surface area contributed by atoms with Crippen molar-refractivity contribution in [2.45, 2.75) is 38.8 Å². The van der Waals surface area contributed by atoms with Gasteiger partial charge in [-0.2, -0.15) is 0 Å². The Bertz CT molecular complexity index is 1180. The molecule has 0 saturated carbocycles. The Kier molecular flexibility index (Phi) is 8.67. The summed E-state index contributed by atoms with van der Waals surface area (Å²) in [5, 5.41) is 16.9. The van der Waals surface area contributed by atoms with E-state index in [2.05, 4.69) is 10.6 Å². The predicted octanol–water partition coefficient (Wildman–Crippen LogP) is 2.67. The molecule has 0 unspecified atom stereocenters. The smallest absolute Gasteiger partial charge is 0.258 e. The molecule has 3 amide bonds. The summed E-state index contributed by atoms with van der Waals surface area (Å²) in [6, 6.07) is 17.8. The van der Waals surface area contributed by atoms with Crippen molar-refractivity contribution in [2.75, 3.05) is 6.61 Å². The molecule has 0 spiro atoms. The van der Waals surface area contributed by atoms with Crippen LogP contribution in [0.25, 0.3) is 10.8 Å². The summed E-state index contributed by atoms with van der Waals surface area (Å²) in [7, 11) is 0. The number of carbonyl (C=O) groups is 3. The molecule has 35 heavy (non-hydrogen) atoms. The van der Waals surface area contributed by atoms with Gasteiger partial charge in [-0.25, -0.2) is 0 Å². The molecule has 0 bridgehead atoms. The fraction of sp³-hybridized carbons (Fsp3) is 0.296. The predicted molar refractivity (Wildman–Crippen MR) is 134 cm³/mol. The number of hydrogen-bond donors (Lipinski definition) is 4. The molecule has 0 radical (unpaired) electrons. The van der Waals surface area contributed by atoms with Crippen molar-refractivity contribution in [2.24, 2.45) is 11.7 Å². The summed E-state index contributed by atoms with van der Waals surface area (Å²) >= 11 is 0. The van der Waals surface area contributed by atoms with Crippen molar-refractivity contribution in [3.63, 3.8) is 0 Å². The summed E-state index contributed by atoms with van der Waals surface area (Å²) in [6.07, 6.45) is 0.535. The highest BCUT2D eigenvalue weighted by molar-refractivity contribution is 5.92. The molecule has 5 N–H and O–H groups in total. The normalized spacial score (nSPS) is 12.7. The van der Waals surface area contributed by atoms with Crippen LogP contribution in [-0.4, -0.2) is 41.5 Å². The zero-order valence-corrected chi connectivity index (χ0v) is 19.9. The topological polar surface area (TPSA) is 131 Å². The number of ether oxygens (including phenoxy) is 1. The van der Waals surface area contributed by atoms with Gasteiger partial charge in [-0.1, -0.05) is 56.3 Å². The number of rotatable bonds is 11. The molecule has 184 valence electrons. The third-order valence-electron chi connectivity index (χ3n) is 5.49. The summed E-state index contributed by atoms with van der Waals surface area (Å²) in [5.74, 6) is -0.898. The quantitative estimate of drug-likeness (QED) is 0.337. The molecule has 0 aliphatic rings. The Labute approximate surface area is 204 Å². The van der Waals surface area contributed by atoms with E-state index in [1.807, 2.05) is 50.2 Å². The highest BCUT2D eigenvalue weighted by Crippen LogP contribution is 2.20. The lowest BCUT2D eigenvalue weighted by atomic mass is 10.0. The monoisotopic (exact) mass is 477 g/mol. The molecule has 0 heterocycles. The number of amides is 3. The molecule has 0 aliphatic carbocycles. The number of fused-ring (bicyclic) bond motifs is 1. The summed E-state index contributed by atoms with van der Waals surface area (Å²) in [5.41, 5.74) is 6.19. The van der Waals surface area contributed by atoms with Crippen molar-refractivity contribution in [3.05, 3.63) is 72.3 Å². The van der Waals surface area contributed by atoms with E-state index in [-0.39, 0.29) is 24.7 Å². The number of carbonyl (C=O) groups excluding carboxylic acids is 3. The molecule has 0 fully saturated rings. The maximum absolute atomic E-state index is 13.0. The van der Waals surface area contributed by atoms with E-state index in [4.69, 9.17) is 10.5 Å². The van der Waals surface area contributed by atoms with Gasteiger partial charge in [0.1, 0.15) is 23.6 Å². The third-order valence-corrected chi connectivity index (χ3v) is 5.49.